The first-order valence-electron chi connectivity index (χ1n) is 6.57. The number of carbonyl (C=O) groups is 1. The second-order valence-corrected chi connectivity index (χ2v) is 4.60. The van der Waals surface area contributed by atoms with Crippen LogP contribution in [0.5, 0.6) is 0 Å². The monoisotopic (exact) mass is 269 g/mol. The van der Waals surface area contributed by atoms with Gasteiger partial charge in [-0.15, -0.1) is 0 Å². The molecule has 0 aromatic carbocycles. The second-order valence-electron chi connectivity index (χ2n) is 4.60. The highest BCUT2D eigenvalue weighted by atomic mass is 16.5. The molecule has 0 bridgehead atoms. The molecular weight excluding hydrogens is 250 g/mol. The highest BCUT2D eigenvalue weighted by Crippen LogP contribution is 2.20. The summed E-state index contributed by atoms with van der Waals surface area (Å²) >= 11 is 0. The molecule has 106 valence electrons. The van der Waals surface area contributed by atoms with Crippen LogP contribution in [-0.2, 0) is 16.0 Å². The number of rotatable bonds is 6. The third-order valence-electron chi connectivity index (χ3n) is 3.01. The van der Waals surface area contributed by atoms with Crippen LogP contribution in [-0.4, -0.2) is 52.4 Å². The molecule has 19 heavy (non-hydrogen) atoms. The fraction of sp³-hybridized carbons (Fsp3) is 0.750. The van der Waals surface area contributed by atoms with E-state index in [1.54, 1.807) is 0 Å². The molecule has 0 spiro atoms. The van der Waals surface area contributed by atoms with Crippen molar-refractivity contribution in [1.82, 2.24) is 15.0 Å². The molecule has 1 unspecified atom stereocenters. The van der Waals surface area contributed by atoms with Gasteiger partial charge in [0.2, 0.25) is 11.7 Å². The molecule has 2 rings (SSSR count). The number of nitrogens with zero attached hydrogens (tertiary/aromatic N) is 3. The maximum absolute atomic E-state index is 10.5. The highest BCUT2D eigenvalue weighted by Gasteiger charge is 2.25. The Morgan fingerprint density at radius 1 is 1.58 bits per heavy atom. The van der Waals surface area contributed by atoms with Crippen molar-refractivity contribution >= 4 is 5.97 Å². The Morgan fingerprint density at radius 3 is 3.16 bits per heavy atom. The Hall–Kier alpha value is -1.47. The summed E-state index contributed by atoms with van der Waals surface area (Å²) in [5, 5.41) is 12.5. The molecule has 1 aliphatic heterocycles. The highest BCUT2D eigenvalue weighted by molar-refractivity contribution is 5.66. The largest absolute Gasteiger partial charge is 0.481 e. The lowest BCUT2D eigenvalue weighted by atomic mass is 10.2. The number of ether oxygens (including phenoxy) is 1. The Morgan fingerprint density at radius 2 is 2.42 bits per heavy atom. The van der Waals surface area contributed by atoms with Gasteiger partial charge in [-0.2, -0.15) is 4.98 Å². The number of morpholine rings is 1. The number of hydrogen-bond donors (Lipinski definition) is 1. The zero-order chi connectivity index (χ0) is 13.7. The zero-order valence-electron chi connectivity index (χ0n) is 11.0. The fourth-order valence-electron chi connectivity index (χ4n) is 2.09. The van der Waals surface area contributed by atoms with E-state index in [1.165, 1.54) is 0 Å². The molecule has 0 saturated carbocycles. The van der Waals surface area contributed by atoms with Crippen molar-refractivity contribution in [1.29, 1.82) is 0 Å². The lowest BCUT2D eigenvalue weighted by Crippen LogP contribution is -2.39. The quantitative estimate of drug-likeness (QED) is 0.819. The minimum Gasteiger partial charge on any atom is -0.481 e. The number of carboxylic acid groups (broad SMARTS) is 1. The first-order chi connectivity index (χ1) is 9.19. The summed E-state index contributed by atoms with van der Waals surface area (Å²) in [6, 6.07) is 0. The van der Waals surface area contributed by atoms with Gasteiger partial charge >= 0.3 is 5.97 Å². The molecule has 2 heterocycles. The van der Waals surface area contributed by atoms with Crippen LogP contribution in [0.3, 0.4) is 0 Å². The maximum Gasteiger partial charge on any atom is 0.303 e. The van der Waals surface area contributed by atoms with Gasteiger partial charge in [-0.25, -0.2) is 0 Å². The van der Waals surface area contributed by atoms with E-state index in [-0.39, 0.29) is 18.9 Å². The molecule has 1 aliphatic rings. The first-order valence-corrected chi connectivity index (χ1v) is 6.57. The van der Waals surface area contributed by atoms with Gasteiger partial charge in [0.1, 0.15) is 6.10 Å². The summed E-state index contributed by atoms with van der Waals surface area (Å²) in [6.07, 6.45) is 1.17. The summed E-state index contributed by atoms with van der Waals surface area (Å²) in [5.41, 5.74) is 0. The molecule has 0 amide bonds. The first kappa shape index (κ1) is 14.0. The predicted octanol–water partition coefficient (Wildman–Crippen LogP) is 0.870. The van der Waals surface area contributed by atoms with Crippen LogP contribution in [0.25, 0.3) is 0 Å². The number of hydrogen-bond acceptors (Lipinski definition) is 6. The summed E-state index contributed by atoms with van der Waals surface area (Å²) < 4.78 is 10.7. The molecule has 1 fully saturated rings. The van der Waals surface area contributed by atoms with Crippen LogP contribution in [0.4, 0.5) is 0 Å². The van der Waals surface area contributed by atoms with Gasteiger partial charge < -0.3 is 14.4 Å². The number of carboxylic acids is 1. The smallest absolute Gasteiger partial charge is 0.303 e. The van der Waals surface area contributed by atoms with Crippen molar-refractivity contribution in [2.75, 3.05) is 26.2 Å². The molecule has 0 aliphatic carbocycles. The average Bonchev–Trinajstić information content (AvgIpc) is 2.86. The van der Waals surface area contributed by atoms with Crippen molar-refractivity contribution in [3.63, 3.8) is 0 Å². The Bertz CT molecular complexity index is 419. The van der Waals surface area contributed by atoms with Crippen molar-refractivity contribution in [3.05, 3.63) is 11.7 Å². The van der Waals surface area contributed by atoms with Gasteiger partial charge in [0.25, 0.3) is 0 Å². The van der Waals surface area contributed by atoms with Gasteiger partial charge in [-0.05, 0) is 13.0 Å². The van der Waals surface area contributed by atoms with E-state index in [2.05, 4.69) is 22.0 Å². The lowest BCUT2D eigenvalue weighted by molar-refractivity contribution is -0.137. The number of aromatic nitrogens is 2. The van der Waals surface area contributed by atoms with Gasteiger partial charge in [0.15, 0.2) is 0 Å². The SMILES string of the molecule is CCCN1CCOC(c2noc(CCC(=O)O)n2)C1. The molecule has 1 atom stereocenters. The van der Waals surface area contributed by atoms with Crippen LogP contribution in [0.15, 0.2) is 4.52 Å². The summed E-state index contributed by atoms with van der Waals surface area (Å²) in [6.45, 7) is 5.51. The molecule has 0 radical (unpaired) electrons. The summed E-state index contributed by atoms with van der Waals surface area (Å²) in [7, 11) is 0. The minimum absolute atomic E-state index is 0.00484. The molecular formula is C12H19N3O4. The van der Waals surface area contributed by atoms with Crippen LogP contribution in [0.2, 0.25) is 0 Å². The minimum atomic E-state index is -0.872. The summed E-state index contributed by atoms with van der Waals surface area (Å²) in [5.74, 6) is -0.00223. The van der Waals surface area contributed by atoms with E-state index >= 15 is 0 Å². The van der Waals surface area contributed by atoms with Crippen molar-refractivity contribution in [2.45, 2.75) is 32.3 Å². The standard InChI is InChI=1S/C12H19N3O4/c1-2-5-15-6-7-18-9(8-15)12-13-10(19-14-12)3-4-11(16)17/h9H,2-8H2,1H3,(H,16,17). The van der Waals surface area contributed by atoms with Gasteiger partial charge in [-0.3, -0.25) is 9.69 Å². The molecule has 1 aromatic rings. The summed E-state index contributed by atoms with van der Waals surface area (Å²) in [4.78, 5) is 17.0. The molecule has 1 N–H and O–H groups in total. The average molecular weight is 269 g/mol. The lowest BCUT2D eigenvalue weighted by Gasteiger charge is -2.30. The fourth-order valence-corrected chi connectivity index (χ4v) is 2.09. The van der Waals surface area contributed by atoms with Gasteiger partial charge in [-0.1, -0.05) is 12.1 Å². The second kappa shape index (κ2) is 6.63. The molecule has 1 aromatic heterocycles. The number of aliphatic carboxylic acids is 1. The Kier molecular flexibility index (Phi) is 4.86. The van der Waals surface area contributed by atoms with Crippen molar-refractivity contribution in [3.8, 4) is 0 Å². The van der Waals surface area contributed by atoms with E-state index in [9.17, 15) is 4.79 Å². The van der Waals surface area contributed by atoms with E-state index in [0.717, 1.165) is 26.1 Å². The van der Waals surface area contributed by atoms with Crippen molar-refractivity contribution < 1.29 is 19.2 Å². The van der Waals surface area contributed by atoms with Gasteiger partial charge in [0.05, 0.1) is 13.0 Å². The van der Waals surface area contributed by atoms with E-state index < -0.39 is 5.97 Å². The van der Waals surface area contributed by atoms with Crippen LogP contribution in [0, 0.1) is 0 Å². The van der Waals surface area contributed by atoms with E-state index in [4.69, 9.17) is 14.4 Å². The normalized spacial score (nSPS) is 20.6. The third-order valence-corrected chi connectivity index (χ3v) is 3.01. The van der Waals surface area contributed by atoms with Crippen LogP contribution >= 0.6 is 0 Å². The van der Waals surface area contributed by atoms with Crippen molar-refractivity contribution in [2.24, 2.45) is 0 Å². The van der Waals surface area contributed by atoms with Crippen LogP contribution in [0.1, 0.15) is 37.6 Å². The molecule has 7 nitrogen and oxygen atoms in total. The third kappa shape index (κ3) is 4.00. The molecule has 7 heteroatoms. The number of aryl methyl sites for hydroxylation is 1. The Balaban J connectivity index is 1.92. The van der Waals surface area contributed by atoms with Gasteiger partial charge in [0, 0.05) is 19.5 Å². The maximum atomic E-state index is 10.5. The van der Waals surface area contributed by atoms with Crippen LogP contribution < -0.4 is 0 Å². The predicted molar refractivity (Wildman–Crippen MR) is 65.7 cm³/mol. The van der Waals surface area contributed by atoms with E-state index in [0.29, 0.717) is 18.3 Å². The molecule has 1 saturated heterocycles. The zero-order valence-corrected chi connectivity index (χ0v) is 11.0. The topological polar surface area (TPSA) is 88.7 Å². The van der Waals surface area contributed by atoms with E-state index in [1.807, 2.05) is 0 Å². The Labute approximate surface area is 111 Å².